The fourth-order valence-corrected chi connectivity index (χ4v) is 4.86. The highest BCUT2D eigenvalue weighted by atomic mass is 32.2. The van der Waals surface area contributed by atoms with Crippen molar-refractivity contribution in [1.29, 1.82) is 0 Å². The van der Waals surface area contributed by atoms with Crippen molar-refractivity contribution in [2.24, 2.45) is 0 Å². The van der Waals surface area contributed by atoms with Crippen LogP contribution in [0.1, 0.15) is 33.9 Å². The van der Waals surface area contributed by atoms with E-state index in [0.717, 1.165) is 25.0 Å². The predicted octanol–water partition coefficient (Wildman–Crippen LogP) is 4.55. The lowest BCUT2D eigenvalue weighted by molar-refractivity contribution is -0.137. The second-order valence-electron chi connectivity index (χ2n) is 6.89. The summed E-state index contributed by atoms with van der Waals surface area (Å²) in [6.07, 6.45) is -2.46. The van der Waals surface area contributed by atoms with Gasteiger partial charge in [0.05, 0.1) is 28.8 Å². The molecule has 1 N–H and O–H groups in total. The van der Waals surface area contributed by atoms with E-state index in [2.05, 4.69) is 15.5 Å². The molecule has 3 heterocycles. The molecule has 0 spiro atoms. The third-order valence-electron chi connectivity index (χ3n) is 4.71. The number of thiophene rings is 1. The van der Waals surface area contributed by atoms with E-state index in [1.54, 1.807) is 28.1 Å². The Morgan fingerprint density at radius 2 is 2.16 bits per heavy atom. The van der Waals surface area contributed by atoms with Gasteiger partial charge in [0.15, 0.2) is 11.0 Å². The zero-order chi connectivity index (χ0) is 21.8. The summed E-state index contributed by atoms with van der Waals surface area (Å²) in [4.78, 5) is 12.8. The smallest absolute Gasteiger partial charge is 0.377 e. The number of alkyl halides is 3. The summed E-state index contributed by atoms with van der Waals surface area (Å²) < 4.78 is 47.0. The number of carbonyl (C=O) groups is 1. The van der Waals surface area contributed by atoms with Gasteiger partial charge in [0.1, 0.15) is 0 Å². The summed E-state index contributed by atoms with van der Waals surface area (Å²) in [7, 11) is 0. The first-order valence-corrected chi connectivity index (χ1v) is 11.5. The second kappa shape index (κ2) is 9.41. The Bertz CT molecular complexity index is 1030. The maximum Gasteiger partial charge on any atom is 0.416 e. The average Bonchev–Trinajstić information content (AvgIpc) is 3.52. The summed E-state index contributed by atoms with van der Waals surface area (Å²) in [5, 5.41) is 13.3. The molecule has 2 aromatic heterocycles. The first-order valence-electron chi connectivity index (χ1n) is 9.60. The van der Waals surface area contributed by atoms with Gasteiger partial charge in [-0.2, -0.15) is 13.2 Å². The van der Waals surface area contributed by atoms with Crippen molar-refractivity contribution in [2.45, 2.75) is 36.8 Å². The van der Waals surface area contributed by atoms with E-state index >= 15 is 0 Å². The summed E-state index contributed by atoms with van der Waals surface area (Å²) >= 11 is 2.68. The Labute approximate surface area is 184 Å². The fraction of sp³-hybridized carbons (Fsp3) is 0.350. The van der Waals surface area contributed by atoms with E-state index in [0.29, 0.717) is 28.2 Å². The average molecular weight is 469 g/mol. The lowest BCUT2D eigenvalue weighted by Gasteiger charge is -2.14. The van der Waals surface area contributed by atoms with Gasteiger partial charge in [-0.3, -0.25) is 9.36 Å². The molecule has 11 heteroatoms. The number of hydrogen-bond donors (Lipinski definition) is 1. The van der Waals surface area contributed by atoms with Crippen molar-refractivity contribution < 1.29 is 22.7 Å². The number of hydrogen-bond acceptors (Lipinski definition) is 6. The molecule has 0 saturated carbocycles. The molecule has 0 aliphatic carbocycles. The number of nitrogens with one attached hydrogen (secondary N) is 1. The van der Waals surface area contributed by atoms with Gasteiger partial charge in [0.25, 0.3) is 5.91 Å². The molecule has 0 radical (unpaired) electrons. The Kier molecular flexibility index (Phi) is 6.63. The first kappa shape index (κ1) is 21.8. The maximum atomic E-state index is 13.3. The highest BCUT2D eigenvalue weighted by molar-refractivity contribution is 7.99. The Balaban J connectivity index is 1.60. The molecule has 3 aromatic rings. The van der Waals surface area contributed by atoms with Crippen LogP contribution in [0.4, 0.5) is 13.2 Å². The minimum atomic E-state index is -4.47. The fourth-order valence-electron chi connectivity index (χ4n) is 3.19. The molecular formula is C20H19F3N4O2S2. The van der Waals surface area contributed by atoms with Crippen molar-refractivity contribution in [3.8, 4) is 5.69 Å². The number of halogens is 3. The van der Waals surface area contributed by atoms with Gasteiger partial charge in [0.2, 0.25) is 0 Å². The number of rotatable bonds is 7. The van der Waals surface area contributed by atoms with Crippen molar-refractivity contribution in [3.05, 3.63) is 58.0 Å². The summed E-state index contributed by atoms with van der Waals surface area (Å²) in [5.74, 6) is 0.694. The molecule has 1 aromatic carbocycles. The zero-order valence-electron chi connectivity index (χ0n) is 16.3. The predicted molar refractivity (Wildman–Crippen MR) is 112 cm³/mol. The van der Waals surface area contributed by atoms with Crippen LogP contribution in [0.25, 0.3) is 5.69 Å². The maximum absolute atomic E-state index is 13.3. The zero-order valence-corrected chi connectivity index (χ0v) is 17.9. The Hall–Kier alpha value is -2.37. The van der Waals surface area contributed by atoms with Crippen molar-refractivity contribution >= 4 is 29.0 Å². The molecular weight excluding hydrogens is 449 g/mol. The molecule has 1 aliphatic heterocycles. The lowest BCUT2D eigenvalue weighted by Crippen LogP contribution is -2.24. The largest absolute Gasteiger partial charge is 0.416 e. The number of ether oxygens (including phenoxy) is 1. The molecule has 1 amide bonds. The van der Waals surface area contributed by atoms with Crippen LogP contribution < -0.4 is 5.32 Å². The molecule has 1 aliphatic rings. The standard InChI is InChI=1S/C20H19F3N4O2S2/c21-20(22,23)13-4-1-5-14(10-13)27-17(11-24-18(28)16-7-3-9-30-16)25-26-19(27)31-12-15-6-2-8-29-15/h1,3-5,7,9-10,15H,2,6,8,11-12H2,(H,24,28)/t15-/m0/s1. The number of thioether (sulfide) groups is 1. The molecule has 1 fully saturated rings. The Morgan fingerprint density at radius 1 is 1.29 bits per heavy atom. The van der Waals surface area contributed by atoms with E-state index in [1.807, 2.05) is 0 Å². The van der Waals surface area contributed by atoms with Crippen molar-refractivity contribution in [2.75, 3.05) is 12.4 Å². The highest BCUT2D eigenvalue weighted by Gasteiger charge is 2.31. The SMILES string of the molecule is O=C(NCc1nnc(SC[C@@H]2CCCO2)n1-c1cccc(C(F)(F)F)c1)c1cccs1. The van der Waals surface area contributed by atoms with Gasteiger partial charge in [-0.15, -0.1) is 21.5 Å². The van der Waals surface area contributed by atoms with Crippen molar-refractivity contribution in [3.63, 3.8) is 0 Å². The van der Waals surface area contributed by atoms with Gasteiger partial charge in [-0.05, 0) is 42.5 Å². The number of aromatic nitrogens is 3. The molecule has 0 unspecified atom stereocenters. The van der Waals surface area contributed by atoms with E-state index in [9.17, 15) is 18.0 Å². The van der Waals surface area contributed by atoms with Gasteiger partial charge >= 0.3 is 6.18 Å². The molecule has 31 heavy (non-hydrogen) atoms. The molecule has 6 nitrogen and oxygen atoms in total. The first-order chi connectivity index (χ1) is 14.9. The van der Waals surface area contributed by atoms with Gasteiger partial charge < -0.3 is 10.1 Å². The van der Waals surface area contributed by atoms with Crippen LogP contribution in [0, 0.1) is 0 Å². The number of benzene rings is 1. The van der Waals surface area contributed by atoms with Crippen LogP contribution in [0.5, 0.6) is 0 Å². The van der Waals surface area contributed by atoms with Crippen LogP contribution in [-0.2, 0) is 17.5 Å². The van der Waals surface area contributed by atoms with Crippen LogP contribution in [0.2, 0.25) is 0 Å². The van der Waals surface area contributed by atoms with Gasteiger partial charge in [-0.25, -0.2) is 0 Å². The van der Waals surface area contributed by atoms with Gasteiger partial charge in [-0.1, -0.05) is 23.9 Å². The highest BCUT2D eigenvalue weighted by Crippen LogP contribution is 2.32. The van der Waals surface area contributed by atoms with Crippen LogP contribution >= 0.6 is 23.1 Å². The van der Waals surface area contributed by atoms with E-state index < -0.39 is 11.7 Å². The summed E-state index contributed by atoms with van der Waals surface area (Å²) in [6.45, 7) is 0.742. The lowest BCUT2D eigenvalue weighted by atomic mass is 10.2. The normalized spacial score (nSPS) is 16.5. The third kappa shape index (κ3) is 5.28. The monoisotopic (exact) mass is 468 g/mol. The minimum Gasteiger partial charge on any atom is -0.377 e. The van der Waals surface area contributed by atoms with Crippen LogP contribution in [-0.4, -0.2) is 39.1 Å². The van der Waals surface area contributed by atoms with Crippen molar-refractivity contribution in [1.82, 2.24) is 20.1 Å². The topological polar surface area (TPSA) is 69.0 Å². The second-order valence-corrected chi connectivity index (χ2v) is 8.82. The molecule has 4 rings (SSSR count). The van der Waals surface area contributed by atoms with E-state index in [1.165, 1.54) is 29.2 Å². The van der Waals surface area contributed by atoms with E-state index in [4.69, 9.17) is 4.74 Å². The molecule has 0 bridgehead atoms. The number of amides is 1. The molecule has 164 valence electrons. The summed E-state index contributed by atoms with van der Waals surface area (Å²) in [6, 6.07) is 8.46. The number of carbonyl (C=O) groups excluding carboxylic acids is 1. The van der Waals surface area contributed by atoms with E-state index in [-0.39, 0.29) is 24.2 Å². The molecule has 1 saturated heterocycles. The number of nitrogens with zero attached hydrogens (tertiary/aromatic N) is 3. The summed E-state index contributed by atoms with van der Waals surface area (Å²) in [5.41, 5.74) is -0.475. The quantitative estimate of drug-likeness (QED) is 0.516. The Morgan fingerprint density at radius 3 is 2.87 bits per heavy atom. The van der Waals surface area contributed by atoms with Crippen LogP contribution in [0.3, 0.4) is 0 Å². The van der Waals surface area contributed by atoms with Crippen LogP contribution in [0.15, 0.2) is 46.9 Å². The van der Waals surface area contributed by atoms with Gasteiger partial charge in [0, 0.05) is 12.4 Å². The molecule has 1 atom stereocenters. The third-order valence-corrected chi connectivity index (χ3v) is 6.64. The minimum absolute atomic E-state index is 0.0282.